The summed E-state index contributed by atoms with van der Waals surface area (Å²) in [4.78, 5) is 9.79. The van der Waals surface area contributed by atoms with Crippen LogP contribution in [0.3, 0.4) is 0 Å². The van der Waals surface area contributed by atoms with Crippen LogP contribution in [0.1, 0.15) is 12.6 Å². The number of pyridine rings is 1. The van der Waals surface area contributed by atoms with E-state index >= 15 is 0 Å². The minimum atomic E-state index is 0.637. The molecule has 0 unspecified atom stereocenters. The van der Waals surface area contributed by atoms with Crippen molar-refractivity contribution < 1.29 is 0 Å². The zero-order valence-corrected chi connectivity index (χ0v) is 12.8. The van der Waals surface area contributed by atoms with Gasteiger partial charge in [0, 0.05) is 24.5 Å². The number of aromatic amines is 1. The zero-order valence-electron chi connectivity index (χ0n) is 11.1. The zero-order chi connectivity index (χ0) is 14.1. The van der Waals surface area contributed by atoms with Crippen LogP contribution in [0.5, 0.6) is 0 Å². The van der Waals surface area contributed by atoms with E-state index in [0.29, 0.717) is 4.77 Å². The van der Waals surface area contributed by atoms with Crippen molar-refractivity contribution in [3.8, 4) is 21.3 Å². The third-order valence-electron chi connectivity index (χ3n) is 2.98. The van der Waals surface area contributed by atoms with Gasteiger partial charge >= 0.3 is 0 Å². The Morgan fingerprint density at radius 1 is 1.45 bits per heavy atom. The highest BCUT2D eigenvalue weighted by atomic mass is 32.1. The second kappa shape index (κ2) is 5.26. The molecule has 20 heavy (non-hydrogen) atoms. The number of aryl methyl sites for hydroxylation is 1. The first kappa shape index (κ1) is 13.1. The number of aromatic nitrogens is 5. The SMILES string of the molecule is CCn1c(-c2sc(-c3cccnc3)nc2C)n[nH]c1=S. The van der Waals surface area contributed by atoms with Gasteiger partial charge in [-0.1, -0.05) is 0 Å². The number of H-pyrrole nitrogens is 1. The molecule has 7 heteroatoms. The minimum absolute atomic E-state index is 0.637. The third-order valence-corrected chi connectivity index (χ3v) is 4.50. The molecule has 0 aliphatic rings. The summed E-state index contributed by atoms with van der Waals surface area (Å²) in [5.41, 5.74) is 1.97. The van der Waals surface area contributed by atoms with E-state index in [9.17, 15) is 0 Å². The van der Waals surface area contributed by atoms with Crippen LogP contribution >= 0.6 is 23.6 Å². The molecular formula is C13H13N5S2. The maximum atomic E-state index is 5.23. The Labute approximate surface area is 125 Å². The van der Waals surface area contributed by atoms with E-state index in [4.69, 9.17) is 12.2 Å². The van der Waals surface area contributed by atoms with E-state index in [1.54, 1.807) is 17.5 Å². The first-order chi connectivity index (χ1) is 9.70. The van der Waals surface area contributed by atoms with E-state index in [-0.39, 0.29) is 0 Å². The summed E-state index contributed by atoms with van der Waals surface area (Å²) in [6.45, 7) is 4.82. The summed E-state index contributed by atoms with van der Waals surface area (Å²) in [6.07, 6.45) is 3.58. The molecule has 102 valence electrons. The van der Waals surface area contributed by atoms with Crippen molar-refractivity contribution in [3.05, 3.63) is 35.0 Å². The normalized spacial score (nSPS) is 10.9. The van der Waals surface area contributed by atoms with Crippen LogP contribution in [0.2, 0.25) is 0 Å². The number of thiazole rings is 1. The van der Waals surface area contributed by atoms with Gasteiger partial charge in [-0.3, -0.25) is 14.6 Å². The summed E-state index contributed by atoms with van der Waals surface area (Å²) in [7, 11) is 0. The second-order valence-electron chi connectivity index (χ2n) is 4.27. The van der Waals surface area contributed by atoms with Crippen LogP contribution in [0.25, 0.3) is 21.3 Å². The summed E-state index contributed by atoms with van der Waals surface area (Å²) in [5.74, 6) is 0.850. The Kier molecular flexibility index (Phi) is 3.45. The molecule has 3 heterocycles. The molecule has 1 N–H and O–H groups in total. The molecule has 0 radical (unpaired) electrons. The summed E-state index contributed by atoms with van der Waals surface area (Å²) >= 11 is 6.84. The van der Waals surface area contributed by atoms with E-state index in [2.05, 4.69) is 20.2 Å². The van der Waals surface area contributed by atoms with Gasteiger partial charge in [0.15, 0.2) is 10.6 Å². The average Bonchev–Trinajstić information content (AvgIpc) is 3.02. The van der Waals surface area contributed by atoms with Crippen LogP contribution in [0.15, 0.2) is 24.5 Å². The Bertz CT molecular complexity index is 785. The summed E-state index contributed by atoms with van der Waals surface area (Å²) in [6, 6.07) is 3.92. The lowest BCUT2D eigenvalue weighted by atomic mass is 10.3. The van der Waals surface area contributed by atoms with Crippen LogP contribution in [0.4, 0.5) is 0 Å². The van der Waals surface area contributed by atoms with Crippen LogP contribution in [0, 0.1) is 11.7 Å². The summed E-state index contributed by atoms with van der Waals surface area (Å²) < 4.78 is 2.61. The number of nitrogens with one attached hydrogen (secondary N) is 1. The minimum Gasteiger partial charge on any atom is -0.300 e. The maximum absolute atomic E-state index is 5.23. The molecule has 0 saturated carbocycles. The first-order valence-electron chi connectivity index (χ1n) is 6.24. The van der Waals surface area contributed by atoms with E-state index < -0.39 is 0 Å². The molecule has 0 atom stereocenters. The molecule has 0 bridgehead atoms. The van der Waals surface area contributed by atoms with Crippen molar-refractivity contribution in [2.24, 2.45) is 0 Å². The van der Waals surface area contributed by atoms with Crippen molar-refractivity contribution >= 4 is 23.6 Å². The first-order valence-corrected chi connectivity index (χ1v) is 7.46. The highest BCUT2D eigenvalue weighted by Crippen LogP contribution is 2.33. The quantitative estimate of drug-likeness (QED) is 0.753. The van der Waals surface area contributed by atoms with Crippen molar-refractivity contribution in [1.82, 2.24) is 24.7 Å². The Morgan fingerprint density at radius 2 is 2.30 bits per heavy atom. The van der Waals surface area contributed by atoms with Gasteiger partial charge in [-0.25, -0.2) is 4.98 Å². The van der Waals surface area contributed by atoms with Crippen LogP contribution in [-0.4, -0.2) is 24.7 Å². The second-order valence-corrected chi connectivity index (χ2v) is 5.66. The standard InChI is InChI=1S/C13H13N5S2/c1-3-18-11(16-17-13(18)19)10-8(2)15-12(20-10)9-5-4-6-14-7-9/h4-7H,3H2,1-2H3,(H,17,19). The van der Waals surface area contributed by atoms with E-state index in [0.717, 1.165) is 33.5 Å². The van der Waals surface area contributed by atoms with E-state index in [1.807, 2.05) is 36.7 Å². The van der Waals surface area contributed by atoms with Gasteiger partial charge in [0.25, 0.3) is 0 Å². The van der Waals surface area contributed by atoms with Gasteiger partial charge in [-0.15, -0.1) is 11.3 Å². The molecule has 0 aliphatic carbocycles. The monoisotopic (exact) mass is 303 g/mol. The molecular weight excluding hydrogens is 290 g/mol. The van der Waals surface area contributed by atoms with Crippen molar-refractivity contribution in [2.45, 2.75) is 20.4 Å². The molecule has 3 aromatic heterocycles. The number of hydrogen-bond acceptors (Lipinski definition) is 5. The lowest BCUT2D eigenvalue weighted by molar-refractivity contribution is 0.756. The van der Waals surface area contributed by atoms with Crippen LogP contribution < -0.4 is 0 Å². The van der Waals surface area contributed by atoms with Gasteiger partial charge in [-0.05, 0) is 38.2 Å². The highest BCUT2D eigenvalue weighted by molar-refractivity contribution is 7.71. The molecule has 0 amide bonds. The van der Waals surface area contributed by atoms with Crippen molar-refractivity contribution in [3.63, 3.8) is 0 Å². The van der Waals surface area contributed by atoms with Crippen molar-refractivity contribution in [2.75, 3.05) is 0 Å². The molecule has 0 aliphatic heterocycles. The molecule has 3 aromatic rings. The largest absolute Gasteiger partial charge is 0.300 e. The fourth-order valence-corrected chi connectivity index (χ4v) is 3.32. The lowest BCUT2D eigenvalue weighted by Crippen LogP contribution is -1.97. The van der Waals surface area contributed by atoms with Gasteiger partial charge in [0.05, 0.1) is 10.6 Å². The van der Waals surface area contributed by atoms with Gasteiger partial charge in [0.2, 0.25) is 0 Å². The number of rotatable bonds is 3. The summed E-state index contributed by atoms with van der Waals surface area (Å²) in [5, 5.41) is 8.12. The molecule has 0 saturated heterocycles. The van der Waals surface area contributed by atoms with E-state index in [1.165, 1.54) is 0 Å². The fraction of sp³-hybridized carbons (Fsp3) is 0.231. The Morgan fingerprint density at radius 3 is 3.00 bits per heavy atom. The van der Waals surface area contributed by atoms with Gasteiger partial charge in [-0.2, -0.15) is 5.10 Å². The molecule has 0 aromatic carbocycles. The smallest absolute Gasteiger partial charge is 0.195 e. The fourth-order valence-electron chi connectivity index (χ4n) is 2.00. The van der Waals surface area contributed by atoms with Crippen LogP contribution in [-0.2, 0) is 6.54 Å². The Balaban J connectivity index is 2.12. The number of hydrogen-bond donors (Lipinski definition) is 1. The molecule has 0 fully saturated rings. The molecule has 5 nitrogen and oxygen atoms in total. The highest BCUT2D eigenvalue weighted by Gasteiger charge is 2.16. The average molecular weight is 303 g/mol. The lowest BCUT2D eigenvalue weighted by Gasteiger charge is -2.00. The predicted octanol–water partition coefficient (Wildman–Crippen LogP) is 3.45. The van der Waals surface area contributed by atoms with Gasteiger partial charge < -0.3 is 0 Å². The third kappa shape index (κ3) is 2.19. The molecule has 3 rings (SSSR count). The maximum Gasteiger partial charge on any atom is 0.195 e. The predicted molar refractivity (Wildman–Crippen MR) is 82.2 cm³/mol. The topological polar surface area (TPSA) is 59.4 Å². The van der Waals surface area contributed by atoms with Gasteiger partial charge in [0.1, 0.15) is 5.01 Å². The Hall–Kier alpha value is -1.86. The molecule has 0 spiro atoms. The van der Waals surface area contributed by atoms with Crippen molar-refractivity contribution in [1.29, 1.82) is 0 Å². The number of nitrogens with zero attached hydrogens (tertiary/aromatic N) is 4.